The zero-order valence-electron chi connectivity index (χ0n) is 25.5. The van der Waals surface area contributed by atoms with E-state index in [1.807, 2.05) is 54.6 Å². The predicted octanol–water partition coefficient (Wildman–Crippen LogP) is 6.03. The lowest BCUT2D eigenvalue weighted by molar-refractivity contribution is -0.122. The van der Waals surface area contributed by atoms with E-state index < -0.39 is 16.1 Å². The lowest BCUT2D eigenvalue weighted by Crippen LogP contribution is -2.36. The predicted molar refractivity (Wildman–Crippen MR) is 173 cm³/mol. The molecule has 1 amide bonds. The highest BCUT2D eigenvalue weighted by Gasteiger charge is 2.27. The summed E-state index contributed by atoms with van der Waals surface area (Å²) in [4.78, 5) is 13.6. The monoisotopic (exact) mass is 615 g/mol. The van der Waals surface area contributed by atoms with Gasteiger partial charge in [0.1, 0.15) is 11.5 Å². The summed E-state index contributed by atoms with van der Waals surface area (Å²) in [5.41, 5.74) is 2.77. The molecule has 1 heterocycles. The van der Waals surface area contributed by atoms with Gasteiger partial charge in [0.15, 0.2) is 0 Å². The molecule has 232 valence electrons. The van der Waals surface area contributed by atoms with E-state index in [-0.39, 0.29) is 23.3 Å². The van der Waals surface area contributed by atoms with Crippen molar-refractivity contribution < 1.29 is 22.7 Å². The van der Waals surface area contributed by atoms with Crippen LogP contribution in [0, 0.1) is 5.92 Å². The van der Waals surface area contributed by atoms with Gasteiger partial charge in [-0.2, -0.15) is 0 Å². The molecule has 0 aromatic heterocycles. The van der Waals surface area contributed by atoms with Gasteiger partial charge in [0.2, 0.25) is 15.9 Å². The van der Waals surface area contributed by atoms with Crippen LogP contribution in [0.3, 0.4) is 0 Å². The SMILES string of the molecule is COc1ccc2cc(S(=O)(=O)NC(CC(=O)NC3CCOc4cc(CNCCC(C)C)ccc43)c3ccccc3)ccc2c1. The number of methoxy groups -OCH3 is 1. The third-order valence-corrected chi connectivity index (χ3v) is 9.37. The van der Waals surface area contributed by atoms with Gasteiger partial charge in [0, 0.05) is 24.9 Å². The molecular formula is C35H41N3O5S. The highest BCUT2D eigenvalue weighted by atomic mass is 32.2. The average molecular weight is 616 g/mol. The first-order chi connectivity index (χ1) is 21.2. The summed E-state index contributed by atoms with van der Waals surface area (Å²) in [5.74, 6) is 1.88. The summed E-state index contributed by atoms with van der Waals surface area (Å²) in [6, 6.07) is 24.8. The van der Waals surface area contributed by atoms with E-state index in [0.29, 0.717) is 30.3 Å². The molecule has 0 saturated carbocycles. The van der Waals surface area contributed by atoms with Gasteiger partial charge in [-0.15, -0.1) is 0 Å². The maximum absolute atomic E-state index is 13.6. The number of rotatable bonds is 13. The molecule has 0 bridgehead atoms. The number of amides is 1. The van der Waals surface area contributed by atoms with Crippen molar-refractivity contribution in [2.24, 2.45) is 5.92 Å². The first-order valence-corrected chi connectivity index (χ1v) is 16.6. The largest absolute Gasteiger partial charge is 0.497 e. The van der Waals surface area contributed by atoms with Crippen molar-refractivity contribution in [2.75, 3.05) is 20.3 Å². The Hall–Kier alpha value is -3.92. The first-order valence-electron chi connectivity index (χ1n) is 15.1. The van der Waals surface area contributed by atoms with Gasteiger partial charge in [0.25, 0.3) is 0 Å². The fourth-order valence-corrected chi connectivity index (χ4v) is 6.68. The zero-order valence-corrected chi connectivity index (χ0v) is 26.3. The number of benzene rings is 4. The molecule has 0 saturated heterocycles. The van der Waals surface area contributed by atoms with E-state index in [2.05, 4.69) is 35.3 Å². The minimum atomic E-state index is -3.95. The molecule has 4 aromatic carbocycles. The average Bonchev–Trinajstić information content (AvgIpc) is 3.02. The van der Waals surface area contributed by atoms with Gasteiger partial charge in [-0.3, -0.25) is 4.79 Å². The minimum Gasteiger partial charge on any atom is -0.497 e. The van der Waals surface area contributed by atoms with Gasteiger partial charge < -0.3 is 20.1 Å². The fourth-order valence-electron chi connectivity index (χ4n) is 5.42. The topological polar surface area (TPSA) is 106 Å². The summed E-state index contributed by atoms with van der Waals surface area (Å²) in [6.45, 7) is 6.62. The molecule has 3 N–H and O–H groups in total. The molecule has 0 aliphatic carbocycles. The molecule has 8 nitrogen and oxygen atoms in total. The molecule has 2 unspecified atom stereocenters. The lowest BCUT2D eigenvalue weighted by Gasteiger charge is -2.28. The van der Waals surface area contributed by atoms with Crippen molar-refractivity contribution in [3.05, 3.63) is 102 Å². The second-order valence-corrected chi connectivity index (χ2v) is 13.4. The molecule has 9 heteroatoms. The molecule has 0 fully saturated rings. The number of fused-ring (bicyclic) bond motifs is 2. The molecular weight excluding hydrogens is 574 g/mol. The number of ether oxygens (including phenoxy) is 2. The minimum absolute atomic E-state index is 0.0570. The van der Waals surface area contributed by atoms with Crippen LogP contribution in [-0.4, -0.2) is 34.6 Å². The maximum Gasteiger partial charge on any atom is 0.241 e. The third-order valence-electron chi connectivity index (χ3n) is 7.90. The van der Waals surface area contributed by atoms with Crippen molar-refractivity contribution >= 4 is 26.7 Å². The van der Waals surface area contributed by atoms with Crippen molar-refractivity contribution in [3.63, 3.8) is 0 Å². The van der Waals surface area contributed by atoms with Gasteiger partial charge in [-0.25, -0.2) is 13.1 Å². The van der Waals surface area contributed by atoms with Crippen LogP contribution in [0.2, 0.25) is 0 Å². The van der Waals surface area contributed by atoms with Gasteiger partial charge in [-0.1, -0.05) is 68.4 Å². The van der Waals surface area contributed by atoms with Crippen LogP contribution in [0.1, 0.15) is 61.9 Å². The maximum atomic E-state index is 13.6. The van der Waals surface area contributed by atoms with Gasteiger partial charge in [0.05, 0.1) is 30.7 Å². The third kappa shape index (κ3) is 7.96. The van der Waals surface area contributed by atoms with Crippen LogP contribution in [0.4, 0.5) is 0 Å². The molecule has 0 spiro atoms. The van der Waals surface area contributed by atoms with Crippen LogP contribution in [0.5, 0.6) is 11.5 Å². The van der Waals surface area contributed by atoms with E-state index in [9.17, 15) is 13.2 Å². The Morgan fingerprint density at radius 2 is 1.75 bits per heavy atom. The highest BCUT2D eigenvalue weighted by Crippen LogP contribution is 2.33. The number of hydrogen-bond acceptors (Lipinski definition) is 6. The number of hydrogen-bond donors (Lipinski definition) is 3. The Labute approximate surface area is 260 Å². The van der Waals surface area contributed by atoms with Crippen LogP contribution in [0.25, 0.3) is 10.8 Å². The second-order valence-electron chi connectivity index (χ2n) is 11.7. The second kappa shape index (κ2) is 14.2. The smallest absolute Gasteiger partial charge is 0.241 e. The van der Waals surface area contributed by atoms with Gasteiger partial charge in [-0.05, 0) is 71.1 Å². The fraction of sp³-hybridized carbons (Fsp3) is 0.343. The summed E-state index contributed by atoms with van der Waals surface area (Å²) in [6.07, 6.45) is 1.69. The van der Waals surface area contributed by atoms with E-state index >= 15 is 0 Å². The number of sulfonamides is 1. The van der Waals surface area contributed by atoms with Crippen molar-refractivity contribution in [1.82, 2.24) is 15.4 Å². The van der Waals surface area contributed by atoms with Crippen molar-refractivity contribution in [3.8, 4) is 11.5 Å². The van der Waals surface area contributed by atoms with E-state index in [1.165, 1.54) is 0 Å². The molecule has 5 rings (SSSR count). The van der Waals surface area contributed by atoms with Crippen LogP contribution in [-0.2, 0) is 21.4 Å². The molecule has 44 heavy (non-hydrogen) atoms. The van der Waals surface area contributed by atoms with Crippen LogP contribution in [0.15, 0.2) is 89.8 Å². The summed E-state index contributed by atoms with van der Waals surface area (Å²) >= 11 is 0. The Kier molecular flexibility index (Phi) is 10.2. The van der Waals surface area contributed by atoms with Crippen LogP contribution >= 0.6 is 0 Å². The molecule has 4 aromatic rings. The quantitative estimate of drug-likeness (QED) is 0.159. The summed E-state index contributed by atoms with van der Waals surface area (Å²) in [7, 11) is -2.36. The summed E-state index contributed by atoms with van der Waals surface area (Å²) < 4.78 is 41.2. The van der Waals surface area contributed by atoms with Crippen LogP contribution < -0.4 is 24.8 Å². The molecule has 2 atom stereocenters. The number of carbonyl (C=O) groups excluding carboxylic acids is 1. The molecule has 1 aliphatic heterocycles. The van der Waals surface area contributed by atoms with Crippen molar-refractivity contribution in [2.45, 2.75) is 56.6 Å². The van der Waals surface area contributed by atoms with E-state index in [0.717, 1.165) is 47.2 Å². The zero-order chi connectivity index (χ0) is 31.1. The summed E-state index contributed by atoms with van der Waals surface area (Å²) in [5, 5.41) is 8.26. The van der Waals surface area contributed by atoms with Gasteiger partial charge >= 0.3 is 0 Å². The molecule has 1 aliphatic rings. The number of nitrogens with one attached hydrogen (secondary N) is 3. The standard InChI is InChI=1S/C35H41N3O5S/c1-24(2)15-17-36-23-25-9-14-31-32(16-18-43-34(31)19-25)37-35(39)22-33(26-7-5-4-6-8-26)38-44(40,41)30-13-11-27-20-29(42-3)12-10-28(27)21-30/h4-14,19-21,24,32-33,36,38H,15-18,22-23H2,1-3H3,(H,37,39). The highest BCUT2D eigenvalue weighted by molar-refractivity contribution is 7.89. The first kappa shape index (κ1) is 31.5. The Morgan fingerprint density at radius 1 is 0.977 bits per heavy atom. The normalized spacial score (nSPS) is 15.4. The Balaban J connectivity index is 1.29. The van der Waals surface area contributed by atoms with E-state index in [1.54, 1.807) is 31.4 Å². The molecule has 0 radical (unpaired) electrons. The van der Waals surface area contributed by atoms with E-state index in [4.69, 9.17) is 9.47 Å². The number of carbonyl (C=O) groups is 1. The van der Waals surface area contributed by atoms with Crippen molar-refractivity contribution in [1.29, 1.82) is 0 Å². The Bertz CT molecular complexity index is 1690. The Morgan fingerprint density at radius 3 is 2.52 bits per heavy atom. The lowest BCUT2D eigenvalue weighted by atomic mass is 9.98.